The molecule has 23 heavy (non-hydrogen) atoms. The Balaban J connectivity index is 1.83. The molecular formula is C20H19OPS. The van der Waals surface area contributed by atoms with Gasteiger partial charge >= 0.3 is 0 Å². The maximum Gasteiger partial charge on any atom is 0.152 e. The van der Waals surface area contributed by atoms with E-state index >= 15 is 0 Å². The number of benzene rings is 3. The molecule has 0 aliphatic heterocycles. The van der Waals surface area contributed by atoms with Gasteiger partial charge in [-0.1, -0.05) is 91.0 Å². The van der Waals surface area contributed by atoms with Crippen molar-refractivity contribution in [2.24, 2.45) is 0 Å². The molecule has 3 rings (SSSR count). The summed E-state index contributed by atoms with van der Waals surface area (Å²) < 4.78 is 13.8. The standard InChI is InChI=1S/C20H19OPS/c21-22(19-12-6-2-7-13-19,20-14-8-3-9-15-20)17-23-16-18-10-4-1-5-11-18/h1-15H,16-17H2. The fourth-order valence-electron chi connectivity index (χ4n) is 2.50. The van der Waals surface area contributed by atoms with Gasteiger partial charge in [0.2, 0.25) is 0 Å². The van der Waals surface area contributed by atoms with E-state index in [1.54, 1.807) is 11.8 Å². The van der Waals surface area contributed by atoms with Crippen LogP contribution in [-0.4, -0.2) is 5.49 Å². The van der Waals surface area contributed by atoms with Crippen molar-refractivity contribution < 1.29 is 4.57 Å². The Bertz CT molecular complexity index is 729. The lowest BCUT2D eigenvalue weighted by Crippen LogP contribution is -2.17. The lowest BCUT2D eigenvalue weighted by atomic mass is 10.2. The Labute approximate surface area is 142 Å². The minimum atomic E-state index is -2.60. The smallest absolute Gasteiger partial charge is 0.152 e. The highest BCUT2D eigenvalue weighted by atomic mass is 32.2. The van der Waals surface area contributed by atoms with Crippen molar-refractivity contribution in [3.8, 4) is 0 Å². The van der Waals surface area contributed by atoms with Gasteiger partial charge in [0.1, 0.15) is 0 Å². The second kappa shape index (κ2) is 7.68. The molecule has 0 fully saturated rings. The summed E-state index contributed by atoms with van der Waals surface area (Å²) in [6, 6.07) is 30.1. The van der Waals surface area contributed by atoms with Crippen LogP contribution in [0, 0.1) is 0 Å². The van der Waals surface area contributed by atoms with Crippen molar-refractivity contribution in [2.45, 2.75) is 5.75 Å². The van der Waals surface area contributed by atoms with E-state index in [9.17, 15) is 4.57 Å². The lowest BCUT2D eigenvalue weighted by Gasteiger charge is -2.19. The maximum atomic E-state index is 13.8. The minimum absolute atomic E-state index is 0.621. The molecule has 0 heterocycles. The highest BCUT2D eigenvalue weighted by Crippen LogP contribution is 2.46. The Kier molecular flexibility index (Phi) is 5.38. The minimum Gasteiger partial charge on any atom is -0.313 e. The summed E-state index contributed by atoms with van der Waals surface area (Å²) in [5, 5.41) is 1.87. The zero-order valence-electron chi connectivity index (χ0n) is 12.8. The molecule has 116 valence electrons. The van der Waals surface area contributed by atoms with Crippen LogP contribution in [0.25, 0.3) is 0 Å². The molecule has 0 saturated carbocycles. The van der Waals surface area contributed by atoms with E-state index in [4.69, 9.17) is 0 Å². The maximum absolute atomic E-state index is 13.8. The topological polar surface area (TPSA) is 17.1 Å². The summed E-state index contributed by atoms with van der Waals surface area (Å²) in [7, 11) is -2.60. The molecule has 0 aromatic heterocycles. The van der Waals surface area contributed by atoms with Crippen molar-refractivity contribution >= 4 is 29.5 Å². The van der Waals surface area contributed by atoms with E-state index in [0.29, 0.717) is 5.49 Å². The molecule has 0 N–H and O–H groups in total. The monoisotopic (exact) mass is 338 g/mol. The van der Waals surface area contributed by atoms with E-state index in [0.717, 1.165) is 16.4 Å². The summed E-state index contributed by atoms with van der Waals surface area (Å²) >= 11 is 1.74. The summed E-state index contributed by atoms with van der Waals surface area (Å²) in [6.07, 6.45) is 0. The fraction of sp³-hybridized carbons (Fsp3) is 0.100. The van der Waals surface area contributed by atoms with Gasteiger partial charge in [-0.25, -0.2) is 0 Å². The lowest BCUT2D eigenvalue weighted by molar-refractivity contribution is 0.590. The van der Waals surface area contributed by atoms with Gasteiger partial charge in [0, 0.05) is 16.4 Å². The molecule has 3 aromatic carbocycles. The van der Waals surface area contributed by atoms with Gasteiger partial charge in [-0.3, -0.25) is 0 Å². The van der Waals surface area contributed by atoms with Crippen molar-refractivity contribution in [2.75, 3.05) is 5.49 Å². The van der Waals surface area contributed by atoms with Crippen molar-refractivity contribution in [1.29, 1.82) is 0 Å². The third kappa shape index (κ3) is 3.96. The van der Waals surface area contributed by atoms with Gasteiger partial charge in [-0.15, -0.1) is 11.8 Å². The van der Waals surface area contributed by atoms with E-state index in [1.165, 1.54) is 5.56 Å². The Hall–Kier alpha value is -1.76. The number of rotatable bonds is 6. The Morgan fingerprint density at radius 1 is 0.652 bits per heavy atom. The largest absolute Gasteiger partial charge is 0.313 e. The van der Waals surface area contributed by atoms with Gasteiger partial charge in [0.25, 0.3) is 0 Å². The summed E-state index contributed by atoms with van der Waals surface area (Å²) in [5.41, 5.74) is 1.89. The molecule has 0 amide bonds. The number of hydrogen-bond acceptors (Lipinski definition) is 2. The zero-order valence-corrected chi connectivity index (χ0v) is 14.5. The second-order valence-electron chi connectivity index (χ2n) is 5.37. The average molecular weight is 338 g/mol. The molecule has 0 bridgehead atoms. The third-order valence-electron chi connectivity index (χ3n) is 3.73. The van der Waals surface area contributed by atoms with Crippen LogP contribution in [0.3, 0.4) is 0 Å². The zero-order chi connectivity index (χ0) is 16.0. The van der Waals surface area contributed by atoms with Gasteiger partial charge in [-0.2, -0.15) is 0 Å². The molecule has 0 saturated heterocycles. The second-order valence-corrected chi connectivity index (χ2v) is 9.62. The van der Waals surface area contributed by atoms with Gasteiger partial charge in [0.05, 0.1) is 5.49 Å². The van der Waals surface area contributed by atoms with Crippen molar-refractivity contribution in [1.82, 2.24) is 0 Å². The summed E-state index contributed by atoms with van der Waals surface area (Å²) in [5.74, 6) is 0.879. The Morgan fingerprint density at radius 3 is 1.57 bits per heavy atom. The summed E-state index contributed by atoms with van der Waals surface area (Å²) in [4.78, 5) is 0. The summed E-state index contributed by atoms with van der Waals surface area (Å²) in [6.45, 7) is 0. The van der Waals surface area contributed by atoms with Crippen molar-refractivity contribution in [3.05, 3.63) is 96.6 Å². The molecule has 0 aliphatic carbocycles. The molecule has 3 heteroatoms. The molecule has 0 radical (unpaired) electrons. The van der Waals surface area contributed by atoms with E-state index in [1.807, 2.05) is 78.9 Å². The van der Waals surface area contributed by atoms with Gasteiger partial charge < -0.3 is 4.57 Å². The first-order valence-corrected chi connectivity index (χ1v) is 10.7. The fourth-order valence-corrected chi connectivity index (χ4v) is 7.12. The van der Waals surface area contributed by atoms with E-state index in [2.05, 4.69) is 12.1 Å². The van der Waals surface area contributed by atoms with Crippen LogP contribution in [0.15, 0.2) is 91.0 Å². The average Bonchev–Trinajstić information content (AvgIpc) is 2.64. The number of thioether (sulfide) groups is 1. The van der Waals surface area contributed by atoms with Crippen LogP contribution in [0.2, 0.25) is 0 Å². The third-order valence-corrected chi connectivity index (χ3v) is 8.72. The molecule has 0 atom stereocenters. The van der Waals surface area contributed by atoms with E-state index in [-0.39, 0.29) is 0 Å². The predicted molar refractivity (Wildman–Crippen MR) is 102 cm³/mol. The highest BCUT2D eigenvalue weighted by Gasteiger charge is 2.26. The molecular weight excluding hydrogens is 319 g/mol. The number of hydrogen-bond donors (Lipinski definition) is 0. The van der Waals surface area contributed by atoms with Gasteiger partial charge in [-0.05, 0) is 5.56 Å². The van der Waals surface area contributed by atoms with Crippen LogP contribution < -0.4 is 10.6 Å². The van der Waals surface area contributed by atoms with Crippen LogP contribution in [0.4, 0.5) is 0 Å². The van der Waals surface area contributed by atoms with Crippen molar-refractivity contribution in [3.63, 3.8) is 0 Å². The van der Waals surface area contributed by atoms with Crippen LogP contribution in [-0.2, 0) is 10.3 Å². The quantitative estimate of drug-likeness (QED) is 0.595. The van der Waals surface area contributed by atoms with Crippen LogP contribution >= 0.6 is 18.9 Å². The Morgan fingerprint density at radius 2 is 1.09 bits per heavy atom. The highest BCUT2D eigenvalue weighted by molar-refractivity contribution is 8.07. The van der Waals surface area contributed by atoms with Crippen LogP contribution in [0.1, 0.15) is 5.56 Å². The predicted octanol–water partition coefficient (Wildman–Crippen LogP) is 4.89. The normalized spacial score (nSPS) is 11.3. The van der Waals surface area contributed by atoms with Crippen LogP contribution in [0.5, 0.6) is 0 Å². The molecule has 0 spiro atoms. The first kappa shape index (κ1) is 16.1. The first-order valence-electron chi connectivity index (χ1n) is 7.61. The van der Waals surface area contributed by atoms with E-state index < -0.39 is 7.14 Å². The molecule has 1 nitrogen and oxygen atoms in total. The molecule has 0 unspecified atom stereocenters. The van der Waals surface area contributed by atoms with Gasteiger partial charge in [0.15, 0.2) is 7.14 Å². The first-order chi connectivity index (χ1) is 11.3. The SMILES string of the molecule is O=P(CSCc1ccccc1)(c1ccccc1)c1ccccc1. The molecule has 0 aliphatic rings. The molecule has 3 aromatic rings.